The van der Waals surface area contributed by atoms with Gasteiger partial charge in [-0.15, -0.1) is 0 Å². The minimum Gasteiger partial charge on any atom is -0.384 e. The topological polar surface area (TPSA) is 53.1 Å². The molecule has 1 saturated heterocycles. The Kier molecular flexibility index (Phi) is 3.36. The highest BCUT2D eigenvalue weighted by Gasteiger charge is 2.37. The first kappa shape index (κ1) is 13.3. The van der Waals surface area contributed by atoms with Crippen LogP contribution in [0.15, 0.2) is 12.1 Å². The van der Waals surface area contributed by atoms with Crippen molar-refractivity contribution in [3.8, 4) is 0 Å². The summed E-state index contributed by atoms with van der Waals surface area (Å²) >= 11 is 0. The molecule has 1 aromatic carbocycles. The van der Waals surface area contributed by atoms with Crippen LogP contribution in [0.4, 0.5) is 14.5 Å². The van der Waals surface area contributed by atoms with Gasteiger partial charge in [0.15, 0.2) is 0 Å². The Balaban J connectivity index is 1.96. The average molecular weight is 279 g/mol. The summed E-state index contributed by atoms with van der Waals surface area (Å²) in [5.41, 5.74) is 5.46. The number of nitrogens with zero attached hydrogens (tertiary/aromatic N) is 1. The monoisotopic (exact) mass is 279 g/mol. The molecule has 2 aliphatic rings. The Morgan fingerprint density at radius 2 is 1.80 bits per heavy atom. The van der Waals surface area contributed by atoms with E-state index in [9.17, 15) is 8.78 Å². The lowest BCUT2D eigenvalue weighted by molar-refractivity contribution is 0.340. The third kappa shape index (κ3) is 2.15. The van der Waals surface area contributed by atoms with Crippen molar-refractivity contribution in [2.45, 2.75) is 38.1 Å². The van der Waals surface area contributed by atoms with E-state index in [1.54, 1.807) is 0 Å². The number of benzene rings is 1. The fourth-order valence-corrected chi connectivity index (χ4v) is 3.68. The van der Waals surface area contributed by atoms with Crippen LogP contribution in [0.1, 0.15) is 37.7 Å². The summed E-state index contributed by atoms with van der Waals surface area (Å²) in [4.78, 5) is 1.89. The number of hydrogen-bond acceptors (Lipinski definition) is 2. The first-order valence-corrected chi connectivity index (χ1v) is 7.18. The molecule has 20 heavy (non-hydrogen) atoms. The zero-order valence-electron chi connectivity index (χ0n) is 11.3. The smallest absolute Gasteiger partial charge is 0.150 e. The average Bonchev–Trinajstić information content (AvgIpc) is 2.82. The van der Waals surface area contributed by atoms with E-state index in [0.29, 0.717) is 12.5 Å². The molecule has 1 aromatic rings. The second-order valence-corrected chi connectivity index (χ2v) is 5.80. The van der Waals surface area contributed by atoms with Crippen LogP contribution in [0.3, 0.4) is 0 Å². The van der Waals surface area contributed by atoms with Gasteiger partial charge in [0.25, 0.3) is 0 Å². The normalized spacial score (nSPS) is 25.6. The Bertz CT molecular complexity index is 521. The number of nitrogen functional groups attached to an aromatic ring is 1. The molecule has 1 aliphatic heterocycles. The molecular formula is C15H19F2N3. The van der Waals surface area contributed by atoms with Crippen LogP contribution in [-0.2, 0) is 0 Å². The summed E-state index contributed by atoms with van der Waals surface area (Å²) in [6.45, 7) is 0.711. The number of amidine groups is 1. The number of nitrogens with one attached hydrogen (secondary N) is 1. The summed E-state index contributed by atoms with van der Waals surface area (Å²) in [5.74, 6) is -0.968. The number of hydrogen-bond donors (Lipinski definition) is 2. The molecule has 2 atom stereocenters. The van der Waals surface area contributed by atoms with E-state index >= 15 is 0 Å². The van der Waals surface area contributed by atoms with Gasteiger partial charge in [0.05, 0.1) is 0 Å². The van der Waals surface area contributed by atoms with Crippen LogP contribution >= 0.6 is 0 Å². The highest BCUT2D eigenvalue weighted by atomic mass is 19.1. The number of halogens is 2. The van der Waals surface area contributed by atoms with Crippen molar-refractivity contribution in [1.29, 1.82) is 5.41 Å². The SMILES string of the molecule is N=C(N)c1cc(F)c(N2CCC3CCCCC32)c(F)c1. The molecule has 108 valence electrons. The zero-order chi connectivity index (χ0) is 14.3. The second-order valence-electron chi connectivity index (χ2n) is 5.80. The van der Waals surface area contributed by atoms with Gasteiger partial charge in [-0.3, -0.25) is 5.41 Å². The molecule has 2 fully saturated rings. The van der Waals surface area contributed by atoms with Gasteiger partial charge in [0.1, 0.15) is 23.2 Å². The second kappa shape index (κ2) is 5.04. The highest BCUT2D eigenvalue weighted by Crippen LogP contribution is 2.40. The highest BCUT2D eigenvalue weighted by molar-refractivity contribution is 5.95. The Hall–Kier alpha value is -1.65. The van der Waals surface area contributed by atoms with Gasteiger partial charge in [0.2, 0.25) is 0 Å². The largest absolute Gasteiger partial charge is 0.384 e. The van der Waals surface area contributed by atoms with Gasteiger partial charge in [0, 0.05) is 18.2 Å². The number of anilines is 1. The van der Waals surface area contributed by atoms with Gasteiger partial charge in [-0.2, -0.15) is 0 Å². The van der Waals surface area contributed by atoms with Crippen molar-refractivity contribution in [2.24, 2.45) is 11.7 Å². The molecule has 3 rings (SSSR count). The molecular weight excluding hydrogens is 260 g/mol. The lowest BCUT2D eigenvalue weighted by Gasteiger charge is -2.33. The van der Waals surface area contributed by atoms with Crippen LogP contribution in [0.2, 0.25) is 0 Å². The quantitative estimate of drug-likeness (QED) is 0.646. The Morgan fingerprint density at radius 1 is 1.15 bits per heavy atom. The maximum Gasteiger partial charge on any atom is 0.150 e. The molecule has 1 aliphatic carbocycles. The van der Waals surface area contributed by atoms with E-state index in [0.717, 1.165) is 37.8 Å². The maximum atomic E-state index is 14.2. The lowest BCUT2D eigenvalue weighted by atomic mass is 9.85. The molecule has 5 heteroatoms. The van der Waals surface area contributed by atoms with E-state index in [-0.39, 0.29) is 23.1 Å². The molecule has 1 saturated carbocycles. The molecule has 0 amide bonds. The van der Waals surface area contributed by atoms with Crippen molar-refractivity contribution in [1.82, 2.24) is 0 Å². The molecule has 3 N–H and O–H groups in total. The van der Waals surface area contributed by atoms with Gasteiger partial charge in [-0.25, -0.2) is 8.78 Å². The summed E-state index contributed by atoms with van der Waals surface area (Å²) in [5, 5.41) is 7.29. The Morgan fingerprint density at radius 3 is 2.45 bits per heavy atom. The van der Waals surface area contributed by atoms with Gasteiger partial charge < -0.3 is 10.6 Å². The number of fused-ring (bicyclic) bond motifs is 1. The predicted octanol–water partition coefficient (Wildman–Crippen LogP) is 3.02. The third-order valence-electron chi connectivity index (χ3n) is 4.63. The maximum absolute atomic E-state index is 14.2. The molecule has 0 bridgehead atoms. The van der Waals surface area contributed by atoms with Crippen LogP contribution in [-0.4, -0.2) is 18.4 Å². The van der Waals surface area contributed by atoms with E-state index in [4.69, 9.17) is 11.1 Å². The Labute approximate surface area is 117 Å². The fourth-order valence-electron chi connectivity index (χ4n) is 3.68. The van der Waals surface area contributed by atoms with Crippen molar-refractivity contribution in [3.63, 3.8) is 0 Å². The van der Waals surface area contributed by atoms with Crippen LogP contribution in [0, 0.1) is 23.0 Å². The fraction of sp³-hybridized carbons (Fsp3) is 0.533. The van der Waals surface area contributed by atoms with Gasteiger partial charge in [-0.1, -0.05) is 12.8 Å². The minimum absolute atomic E-state index is 0.0596. The van der Waals surface area contributed by atoms with E-state index in [2.05, 4.69) is 0 Å². The van der Waals surface area contributed by atoms with Crippen molar-refractivity contribution < 1.29 is 8.78 Å². The first-order valence-electron chi connectivity index (χ1n) is 7.18. The van der Waals surface area contributed by atoms with E-state index in [1.165, 1.54) is 6.42 Å². The standard InChI is InChI=1S/C15H19F2N3/c16-11-7-10(15(18)19)8-12(17)14(11)20-6-5-9-3-1-2-4-13(9)20/h7-9,13H,1-6H2,(H3,18,19). The summed E-state index contributed by atoms with van der Waals surface area (Å²) in [6.07, 6.45) is 5.54. The molecule has 3 nitrogen and oxygen atoms in total. The van der Waals surface area contributed by atoms with Crippen molar-refractivity contribution >= 4 is 11.5 Å². The first-order chi connectivity index (χ1) is 9.58. The molecule has 0 aromatic heterocycles. The number of rotatable bonds is 2. The third-order valence-corrected chi connectivity index (χ3v) is 4.63. The van der Waals surface area contributed by atoms with E-state index < -0.39 is 11.6 Å². The minimum atomic E-state index is -0.610. The molecule has 0 radical (unpaired) electrons. The predicted molar refractivity (Wildman–Crippen MR) is 75.1 cm³/mol. The van der Waals surface area contributed by atoms with Crippen LogP contribution in [0.5, 0.6) is 0 Å². The van der Waals surface area contributed by atoms with E-state index in [1.807, 2.05) is 4.90 Å². The summed E-state index contributed by atoms with van der Waals surface area (Å²) in [6, 6.07) is 2.59. The van der Waals surface area contributed by atoms with Crippen LogP contribution in [0.25, 0.3) is 0 Å². The zero-order valence-corrected chi connectivity index (χ0v) is 11.3. The van der Waals surface area contributed by atoms with Crippen LogP contribution < -0.4 is 10.6 Å². The van der Waals surface area contributed by atoms with Gasteiger partial charge in [-0.05, 0) is 37.3 Å². The van der Waals surface area contributed by atoms with Crippen molar-refractivity contribution in [2.75, 3.05) is 11.4 Å². The summed E-state index contributed by atoms with van der Waals surface area (Å²) in [7, 11) is 0. The number of nitrogens with two attached hydrogens (primary N) is 1. The lowest BCUT2D eigenvalue weighted by Crippen LogP contribution is -2.36. The van der Waals surface area contributed by atoms with Crippen molar-refractivity contribution in [3.05, 3.63) is 29.3 Å². The van der Waals surface area contributed by atoms with Gasteiger partial charge >= 0.3 is 0 Å². The molecule has 2 unspecified atom stereocenters. The summed E-state index contributed by atoms with van der Waals surface area (Å²) < 4.78 is 28.5. The molecule has 1 heterocycles. The molecule has 0 spiro atoms.